The van der Waals surface area contributed by atoms with E-state index in [0.717, 1.165) is 38.5 Å². The van der Waals surface area contributed by atoms with Crippen molar-refractivity contribution in [3.63, 3.8) is 0 Å². The number of carbonyl (C=O) groups is 2. The molecule has 0 aliphatic carbocycles. The highest BCUT2D eigenvalue weighted by Gasteiger charge is 2.34. The Morgan fingerprint density at radius 3 is 1.07 bits per heavy atom. The van der Waals surface area contributed by atoms with Gasteiger partial charge in [0.15, 0.2) is 0 Å². The van der Waals surface area contributed by atoms with Crippen LogP contribution >= 0.6 is 0 Å². The first-order valence-corrected chi connectivity index (χ1v) is 10.8. The number of rotatable bonds is 11. The van der Waals surface area contributed by atoms with Gasteiger partial charge in [0.25, 0.3) is 0 Å². The Balaban J connectivity index is 3.94. The fraction of sp³-hybridized carbons (Fsp3) is 0.917. The van der Waals surface area contributed by atoms with Crippen molar-refractivity contribution in [1.82, 2.24) is 0 Å². The summed E-state index contributed by atoms with van der Waals surface area (Å²) in [5.74, 6) is -0.227. The van der Waals surface area contributed by atoms with Gasteiger partial charge < -0.3 is 9.47 Å². The van der Waals surface area contributed by atoms with Crippen molar-refractivity contribution in [2.24, 2.45) is 21.7 Å². The maximum absolute atomic E-state index is 12.3. The Morgan fingerprint density at radius 1 is 0.536 bits per heavy atom. The lowest BCUT2D eigenvalue weighted by Gasteiger charge is -2.30. The van der Waals surface area contributed by atoms with Crippen molar-refractivity contribution in [3.05, 3.63) is 0 Å². The molecule has 0 radical (unpaired) electrons. The van der Waals surface area contributed by atoms with E-state index in [-0.39, 0.29) is 22.8 Å². The second-order valence-corrected chi connectivity index (χ2v) is 11.9. The van der Waals surface area contributed by atoms with Gasteiger partial charge in [-0.25, -0.2) is 0 Å². The third-order valence-corrected chi connectivity index (χ3v) is 4.55. The molecule has 0 amide bonds. The van der Waals surface area contributed by atoms with E-state index in [2.05, 4.69) is 41.5 Å². The zero-order valence-electron chi connectivity index (χ0n) is 20.3. The van der Waals surface area contributed by atoms with E-state index in [1.165, 1.54) is 0 Å². The van der Waals surface area contributed by atoms with Crippen LogP contribution < -0.4 is 0 Å². The van der Waals surface area contributed by atoms with Crippen molar-refractivity contribution >= 4 is 11.9 Å². The van der Waals surface area contributed by atoms with E-state index < -0.39 is 10.8 Å². The standard InChI is InChI=1S/C24H46O4/c1-21(2,3)17-23(7,8)19(25)27-15-13-11-12-14-16-28-20(26)24(9,10)18-22(4,5)6/h11-18H2,1-10H3. The third kappa shape index (κ3) is 12.4. The molecule has 0 N–H and O–H groups in total. The molecule has 0 atom stereocenters. The average molecular weight is 399 g/mol. The molecule has 0 fully saturated rings. The summed E-state index contributed by atoms with van der Waals surface area (Å²) in [6.45, 7) is 21.6. The minimum atomic E-state index is -0.452. The SMILES string of the molecule is CC(C)(C)CC(C)(C)C(=O)OCCCCCCOC(=O)C(C)(C)CC(C)(C)C. The molecule has 4 nitrogen and oxygen atoms in total. The minimum Gasteiger partial charge on any atom is -0.465 e. The Labute approximate surface area is 174 Å². The number of carbonyl (C=O) groups excluding carboxylic acids is 2. The highest BCUT2D eigenvalue weighted by atomic mass is 16.5. The minimum absolute atomic E-state index is 0.0986. The van der Waals surface area contributed by atoms with Gasteiger partial charge in [-0.1, -0.05) is 41.5 Å². The lowest BCUT2D eigenvalue weighted by molar-refractivity contribution is -0.156. The average Bonchev–Trinajstić information content (AvgIpc) is 2.44. The Bertz CT molecular complexity index is 444. The van der Waals surface area contributed by atoms with E-state index in [1.54, 1.807) is 0 Å². The topological polar surface area (TPSA) is 52.6 Å². The number of ether oxygens (including phenoxy) is 2. The lowest BCUT2D eigenvalue weighted by Crippen LogP contribution is -2.31. The Morgan fingerprint density at radius 2 is 0.821 bits per heavy atom. The van der Waals surface area contributed by atoms with Crippen LogP contribution in [0.2, 0.25) is 0 Å². The first kappa shape index (κ1) is 26.9. The molecule has 0 saturated carbocycles. The van der Waals surface area contributed by atoms with Crippen molar-refractivity contribution in [2.45, 2.75) is 108 Å². The number of unbranched alkanes of at least 4 members (excludes halogenated alkanes) is 3. The van der Waals surface area contributed by atoms with Gasteiger partial charge in [0.05, 0.1) is 24.0 Å². The molecular formula is C24H46O4. The summed E-state index contributed by atoms with van der Waals surface area (Å²) in [7, 11) is 0. The van der Waals surface area contributed by atoms with Crippen LogP contribution in [0, 0.1) is 21.7 Å². The molecule has 4 heteroatoms. The van der Waals surface area contributed by atoms with Gasteiger partial charge in [0, 0.05) is 0 Å². The monoisotopic (exact) mass is 398 g/mol. The van der Waals surface area contributed by atoms with Gasteiger partial charge in [-0.2, -0.15) is 0 Å². The molecule has 0 rings (SSSR count). The van der Waals surface area contributed by atoms with Gasteiger partial charge >= 0.3 is 11.9 Å². The molecule has 0 unspecified atom stereocenters. The van der Waals surface area contributed by atoms with Gasteiger partial charge in [-0.3, -0.25) is 9.59 Å². The highest BCUT2D eigenvalue weighted by molar-refractivity contribution is 5.76. The summed E-state index contributed by atoms with van der Waals surface area (Å²) < 4.78 is 10.9. The van der Waals surface area contributed by atoms with Gasteiger partial charge in [-0.05, 0) is 77.0 Å². The molecule has 28 heavy (non-hydrogen) atoms. The molecule has 0 aliphatic rings. The molecule has 0 aliphatic heterocycles. The molecule has 0 heterocycles. The first-order chi connectivity index (χ1) is 12.5. The number of hydrogen-bond acceptors (Lipinski definition) is 4. The third-order valence-electron chi connectivity index (χ3n) is 4.55. The van der Waals surface area contributed by atoms with Gasteiger partial charge in [0.1, 0.15) is 0 Å². The molecule has 166 valence electrons. The summed E-state index contributed by atoms with van der Waals surface area (Å²) in [6.07, 6.45) is 5.24. The van der Waals surface area contributed by atoms with Gasteiger partial charge in [0.2, 0.25) is 0 Å². The number of esters is 2. The second kappa shape index (κ2) is 10.6. The van der Waals surface area contributed by atoms with Gasteiger partial charge in [-0.15, -0.1) is 0 Å². The summed E-state index contributed by atoms with van der Waals surface area (Å²) in [5.41, 5.74) is -0.707. The van der Waals surface area contributed by atoms with Crippen LogP contribution in [0.3, 0.4) is 0 Å². The van der Waals surface area contributed by atoms with E-state index >= 15 is 0 Å². The molecule has 0 spiro atoms. The lowest BCUT2D eigenvalue weighted by atomic mass is 9.76. The highest BCUT2D eigenvalue weighted by Crippen LogP contribution is 2.35. The zero-order valence-corrected chi connectivity index (χ0v) is 20.3. The first-order valence-electron chi connectivity index (χ1n) is 10.8. The smallest absolute Gasteiger partial charge is 0.311 e. The zero-order chi connectivity index (χ0) is 22.2. The van der Waals surface area contributed by atoms with Crippen LogP contribution in [0.25, 0.3) is 0 Å². The van der Waals surface area contributed by atoms with E-state index in [0.29, 0.717) is 13.2 Å². The van der Waals surface area contributed by atoms with Crippen LogP contribution in [0.15, 0.2) is 0 Å². The van der Waals surface area contributed by atoms with Crippen LogP contribution in [-0.4, -0.2) is 25.2 Å². The van der Waals surface area contributed by atoms with Crippen molar-refractivity contribution in [3.8, 4) is 0 Å². The fourth-order valence-corrected chi connectivity index (χ4v) is 4.07. The van der Waals surface area contributed by atoms with E-state index in [9.17, 15) is 9.59 Å². The van der Waals surface area contributed by atoms with Crippen LogP contribution in [-0.2, 0) is 19.1 Å². The molecule has 0 aromatic heterocycles. The van der Waals surface area contributed by atoms with Crippen molar-refractivity contribution in [2.75, 3.05) is 13.2 Å². The molecular weight excluding hydrogens is 352 g/mol. The summed E-state index contributed by atoms with van der Waals surface area (Å²) in [6, 6.07) is 0. The summed E-state index contributed by atoms with van der Waals surface area (Å²) in [5, 5.41) is 0. The van der Waals surface area contributed by atoms with E-state index in [4.69, 9.17) is 9.47 Å². The Hall–Kier alpha value is -1.06. The molecule has 0 aromatic rings. The quantitative estimate of drug-likeness (QED) is 0.292. The summed E-state index contributed by atoms with van der Waals surface area (Å²) in [4.78, 5) is 24.5. The number of hydrogen-bond donors (Lipinski definition) is 0. The molecule has 0 bridgehead atoms. The van der Waals surface area contributed by atoms with Crippen LogP contribution in [0.1, 0.15) is 108 Å². The maximum Gasteiger partial charge on any atom is 0.311 e. The largest absolute Gasteiger partial charge is 0.465 e. The normalized spacial score (nSPS) is 13.4. The predicted octanol–water partition coefficient (Wildman–Crippen LogP) is 6.56. The molecule has 0 aromatic carbocycles. The predicted molar refractivity (Wildman–Crippen MR) is 116 cm³/mol. The van der Waals surface area contributed by atoms with Crippen LogP contribution in [0.4, 0.5) is 0 Å². The van der Waals surface area contributed by atoms with Crippen molar-refractivity contribution < 1.29 is 19.1 Å². The second-order valence-electron chi connectivity index (χ2n) is 11.9. The summed E-state index contributed by atoms with van der Waals surface area (Å²) >= 11 is 0. The Kier molecular flexibility index (Phi) is 10.2. The maximum atomic E-state index is 12.3. The molecule has 0 saturated heterocycles. The fourth-order valence-electron chi connectivity index (χ4n) is 4.07. The van der Waals surface area contributed by atoms with Crippen molar-refractivity contribution in [1.29, 1.82) is 0 Å². The van der Waals surface area contributed by atoms with Crippen LogP contribution in [0.5, 0.6) is 0 Å². The van der Waals surface area contributed by atoms with E-state index in [1.807, 2.05) is 27.7 Å².